The molecular formula is CH4Mg2O3S. The number of hydrogen-bond donors (Lipinski definition) is 0. The SMILES string of the molecule is O=C([O-])[O-].S.[Mg+2].[MgH2]. The fraction of sp³-hybridized carbons (Fsp3) is 0. The van der Waals surface area contributed by atoms with Crippen molar-refractivity contribution >= 4 is 65.8 Å². The number of carboxylic acid groups (broad SMARTS) is 2. The standard InChI is InChI=1S/CH2O3.2Mg.H2S.2H/c2-1(3)4;;;;;/h(H2,2,3,4);;;1H2;;/q;;+2;;;/p-2. The van der Waals surface area contributed by atoms with Gasteiger partial charge >= 0.3 is 46.1 Å². The Balaban J connectivity index is -0.0000000150. The number of carbonyl (C=O) groups excluding carboxylic acids is 1. The first-order valence-corrected chi connectivity index (χ1v) is 0.612. The molecule has 0 aromatic heterocycles. The van der Waals surface area contributed by atoms with Crippen molar-refractivity contribution in [2.75, 3.05) is 0 Å². The summed E-state index contributed by atoms with van der Waals surface area (Å²) in [6, 6.07) is 0. The zero-order valence-corrected chi connectivity index (χ0v) is 5.35. The summed E-state index contributed by atoms with van der Waals surface area (Å²) in [5, 5.41) is 16.7. The zero-order chi connectivity index (χ0) is 3.58. The Morgan fingerprint density at radius 3 is 1.29 bits per heavy atom. The van der Waals surface area contributed by atoms with Gasteiger partial charge in [-0.25, -0.2) is 0 Å². The van der Waals surface area contributed by atoms with Gasteiger partial charge in [-0.05, 0) is 6.16 Å². The first-order chi connectivity index (χ1) is 1.73. The van der Waals surface area contributed by atoms with Crippen molar-refractivity contribution in [1.29, 1.82) is 0 Å². The van der Waals surface area contributed by atoms with Crippen LogP contribution in [0.2, 0.25) is 0 Å². The van der Waals surface area contributed by atoms with Crippen LogP contribution >= 0.6 is 13.5 Å². The molecule has 6 heteroatoms. The maximum Gasteiger partial charge on any atom is 2.00 e. The van der Waals surface area contributed by atoms with Gasteiger partial charge in [-0.1, -0.05) is 0 Å². The summed E-state index contributed by atoms with van der Waals surface area (Å²) in [4.78, 5) is 8.33. The van der Waals surface area contributed by atoms with Gasteiger partial charge < -0.3 is 15.0 Å². The Morgan fingerprint density at radius 2 is 1.29 bits per heavy atom. The molecule has 0 saturated heterocycles. The topological polar surface area (TPSA) is 63.2 Å². The molecule has 0 amide bonds. The van der Waals surface area contributed by atoms with E-state index in [9.17, 15) is 0 Å². The fourth-order valence-corrected chi connectivity index (χ4v) is 0. The molecule has 3 nitrogen and oxygen atoms in total. The van der Waals surface area contributed by atoms with E-state index in [2.05, 4.69) is 0 Å². The number of hydrogen-bond acceptors (Lipinski definition) is 3. The van der Waals surface area contributed by atoms with Gasteiger partial charge in [0.25, 0.3) is 0 Å². The predicted octanol–water partition coefficient (Wildman–Crippen LogP) is -3.63. The van der Waals surface area contributed by atoms with E-state index < -0.39 is 6.16 Å². The first kappa shape index (κ1) is 24.2. The molecule has 0 aliphatic rings. The van der Waals surface area contributed by atoms with Crippen molar-refractivity contribution in [1.82, 2.24) is 0 Å². The monoisotopic (exact) mass is 144 g/mol. The molecule has 0 atom stereocenters. The molecule has 7 heavy (non-hydrogen) atoms. The third kappa shape index (κ3) is 143. The Labute approximate surface area is 80.2 Å². The molecule has 0 bridgehead atoms. The van der Waals surface area contributed by atoms with Gasteiger partial charge in [-0.3, -0.25) is 0 Å². The van der Waals surface area contributed by atoms with Crippen LogP contribution in [-0.2, 0) is 0 Å². The van der Waals surface area contributed by atoms with E-state index in [1.54, 1.807) is 0 Å². The maximum absolute atomic E-state index is 8.33. The van der Waals surface area contributed by atoms with Gasteiger partial charge in [-0.2, -0.15) is 13.5 Å². The average molecular weight is 145 g/mol. The molecule has 0 rings (SSSR count). The van der Waals surface area contributed by atoms with Crippen LogP contribution in [0, 0.1) is 0 Å². The minimum Gasteiger partial charge on any atom is -0.652 e. The Kier molecular flexibility index (Phi) is 54.3. The molecule has 0 unspecified atom stereocenters. The van der Waals surface area contributed by atoms with E-state index in [1.165, 1.54) is 0 Å². The number of carbonyl (C=O) groups is 1. The minimum absolute atomic E-state index is 0. The average Bonchev–Trinajstić information content (AvgIpc) is 0.811. The Hall–Kier alpha value is 1.15. The van der Waals surface area contributed by atoms with Crippen LogP contribution in [0.5, 0.6) is 0 Å². The quantitative estimate of drug-likeness (QED) is 0.330. The third-order valence-corrected chi connectivity index (χ3v) is 0. The molecule has 0 heterocycles. The van der Waals surface area contributed by atoms with Crippen LogP contribution in [-0.4, -0.2) is 52.3 Å². The van der Waals surface area contributed by atoms with E-state index in [4.69, 9.17) is 15.0 Å². The second-order valence-electron chi connectivity index (χ2n) is 0.250. The van der Waals surface area contributed by atoms with Crippen LogP contribution in [0.1, 0.15) is 0 Å². The van der Waals surface area contributed by atoms with Gasteiger partial charge in [0.2, 0.25) is 0 Å². The summed E-state index contributed by atoms with van der Waals surface area (Å²) in [5.41, 5.74) is 0. The van der Waals surface area contributed by atoms with E-state index in [0.717, 1.165) is 0 Å². The molecule has 0 fully saturated rings. The van der Waals surface area contributed by atoms with Crippen molar-refractivity contribution in [3.63, 3.8) is 0 Å². The molecule has 0 saturated carbocycles. The van der Waals surface area contributed by atoms with E-state index in [1.807, 2.05) is 0 Å². The molecule has 0 radical (unpaired) electrons. The molecule has 0 aliphatic carbocycles. The van der Waals surface area contributed by atoms with Crippen LogP contribution in [0.4, 0.5) is 4.79 Å². The molecule has 0 N–H and O–H groups in total. The van der Waals surface area contributed by atoms with E-state index >= 15 is 0 Å². The normalized spacial score (nSPS) is 3.43. The minimum atomic E-state index is -2.33. The molecule has 36 valence electrons. The van der Waals surface area contributed by atoms with Crippen LogP contribution < -0.4 is 10.2 Å². The molecule has 0 aliphatic heterocycles. The second-order valence-corrected chi connectivity index (χ2v) is 0.250. The van der Waals surface area contributed by atoms with Gasteiger partial charge in [0.1, 0.15) is 0 Å². The second kappa shape index (κ2) is 15.7. The largest absolute Gasteiger partial charge is 2.00 e. The van der Waals surface area contributed by atoms with Crippen LogP contribution in [0.3, 0.4) is 0 Å². The van der Waals surface area contributed by atoms with Crippen LogP contribution in [0.15, 0.2) is 0 Å². The molecule has 0 aromatic carbocycles. The zero-order valence-electron chi connectivity index (χ0n) is 2.93. The molecular weight excluding hydrogens is 141 g/mol. The Morgan fingerprint density at radius 1 is 1.29 bits per heavy atom. The fourth-order valence-electron chi connectivity index (χ4n) is 0. The van der Waals surface area contributed by atoms with Gasteiger partial charge in [-0.15, -0.1) is 0 Å². The van der Waals surface area contributed by atoms with Crippen molar-refractivity contribution in [2.24, 2.45) is 0 Å². The van der Waals surface area contributed by atoms with Crippen molar-refractivity contribution in [2.45, 2.75) is 0 Å². The summed E-state index contributed by atoms with van der Waals surface area (Å²) in [6.45, 7) is 0. The van der Waals surface area contributed by atoms with Gasteiger partial charge in [0.05, 0.1) is 0 Å². The molecule has 0 spiro atoms. The smallest absolute Gasteiger partial charge is 0.652 e. The van der Waals surface area contributed by atoms with E-state index in [0.29, 0.717) is 0 Å². The molecule has 0 aromatic rings. The summed E-state index contributed by atoms with van der Waals surface area (Å²) in [7, 11) is 0. The summed E-state index contributed by atoms with van der Waals surface area (Å²) in [6.07, 6.45) is -2.33. The maximum atomic E-state index is 8.33. The van der Waals surface area contributed by atoms with Crippen molar-refractivity contribution < 1.29 is 15.0 Å². The van der Waals surface area contributed by atoms with Crippen molar-refractivity contribution in [3.05, 3.63) is 0 Å². The third-order valence-electron chi connectivity index (χ3n) is 0. The van der Waals surface area contributed by atoms with Crippen molar-refractivity contribution in [3.8, 4) is 0 Å². The van der Waals surface area contributed by atoms with Gasteiger partial charge in [0.15, 0.2) is 0 Å². The Bertz CT molecular complexity index is 35.9. The van der Waals surface area contributed by atoms with Crippen LogP contribution in [0.25, 0.3) is 0 Å². The van der Waals surface area contributed by atoms with E-state index in [-0.39, 0.29) is 59.6 Å². The summed E-state index contributed by atoms with van der Waals surface area (Å²) in [5.74, 6) is 0. The predicted molar refractivity (Wildman–Crippen MR) is 30.1 cm³/mol. The summed E-state index contributed by atoms with van der Waals surface area (Å²) < 4.78 is 0. The summed E-state index contributed by atoms with van der Waals surface area (Å²) >= 11 is 0. The first-order valence-electron chi connectivity index (χ1n) is 0.612. The number of rotatable bonds is 0. The van der Waals surface area contributed by atoms with Gasteiger partial charge in [0, 0.05) is 0 Å².